The quantitative estimate of drug-likeness (QED) is 0.239. The maximum absolute atomic E-state index is 12.1. The Kier molecular flexibility index (Phi) is 6.51. The number of phenols is 1. The number of aromatic nitrogens is 4. The number of carbonyl (C=O) groups is 2. The van der Waals surface area contributed by atoms with Gasteiger partial charge in [-0.05, 0) is 23.8 Å². The first-order chi connectivity index (χ1) is 14.8. The van der Waals surface area contributed by atoms with Crippen molar-refractivity contribution in [3.63, 3.8) is 0 Å². The zero-order chi connectivity index (χ0) is 22.4. The highest BCUT2D eigenvalue weighted by Crippen LogP contribution is 2.25. The van der Waals surface area contributed by atoms with Crippen molar-refractivity contribution in [1.29, 1.82) is 0 Å². The van der Waals surface area contributed by atoms with Crippen LogP contribution >= 0.6 is 11.3 Å². The predicted molar refractivity (Wildman–Crippen MR) is 110 cm³/mol. The summed E-state index contributed by atoms with van der Waals surface area (Å²) in [5.41, 5.74) is 1.12. The molecule has 160 valence electrons. The summed E-state index contributed by atoms with van der Waals surface area (Å²) < 4.78 is 4.98. The minimum atomic E-state index is -0.821. The lowest BCUT2D eigenvalue weighted by Gasteiger charge is -2.03. The Labute approximate surface area is 176 Å². The van der Waals surface area contributed by atoms with Crippen molar-refractivity contribution >= 4 is 34.5 Å². The number of phenolic OH excluding ortho intramolecular Hbond substituents is 1. The number of aromatic hydroxyl groups is 1. The SMILES string of the molecule is COc1cc(/C=N\NC(=O)Cc2nnc(NC(=O)c3cc(=O)[nH]c(=O)[nH]3)s2)ccc1O. The van der Waals surface area contributed by atoms with Crippen LogP contribution in [0.25, 0.3) is 0 Å². The second-order valence-electron chi connectivity index (χ2n) is 5.86. The number of ether oxygens (including phenoxy) is 1. The molecule has 0 bridgehead atoms. The van der Waals surface area contributed by atoms with E-state index < -0.39 is 23.1 Å². The fourth-order valence-corrected chi connectivity index (χ4v) is 2.99. The number of nitrogens with one attached hydrogen (secondary N) is 4. The van der Waals surface area contributed by atoms with Gasteiger partial charge in [-0.2, -0.15) is 5.10 Å². The third-order valence-corrected chi connectivity index (χ3v) is 4.45. The number of hydrogen-bond acceptors (Lipinski definition) is 10. The predicted octanol–water partition coefficient (Wildman–Crippen LogP) is -0.426. The van der Waals surface area contributed by atoms with Crippen molar-refractivity contribution in [2.24, 2.45) is 5.10 Å². The summed E-state index contributed by atoms with van der Waals surface area (Å²) >= 11 is 0.940. The van der Waals surface area contributed by atoms with Gasteiger partial charge in [0.1, 0.15) is 10.7 Å². The lowest BCUT2D eigenvalue weighted by molar-refractivity contribution is -0.120. The Morgan fingerprint density at radius 3 is 2.81 bits per heavy atom. The van der Waals surface area contributed by atoms with E-state index in [0.717, 1.165) is 17.4 Å². The molecular formula is C17H15N7O6S. The molecule has 2 aromatic heterocycles. The summed E-state index contributed by atoms with van der Waals surface area (Å²) in [6, 6.07) is 5.48. The van der Waals surface area contributed by atoms with Crippen LogP contribution in [0.2, 0.25) is 0 Å². The summed E-state index contributed by atoms with van der Waals surface area (Å²) in [4.78, 5) is 50.7. The molecule has 0 radical (unpaired) electrons. The number of methoxy groups -OCH3 is 1. The van der Waals surface area contributed by atoms with E-state index in [1.165, 1.54) is 19.4 Å². The molecule has 1 aromatic carbocycles. The number of benzene rings is 1. The zero-order valence-corrected chi connectivity index (χ0v) is 16.6. The molecular weight excluding hydrogens is 430 g/mol. The van der Waals surface area contributed by atoms with Crippen molar-refractivity contribution in [3.8, 4) is 11.5 Å². The van der Waals surface area contributed by atoms with E-state index >= 15 is 0 Å². The van der Waals surface area contributed by atoms with Crippen LogP contribution in [-0.2, 0) is 11.2 Å². The van der Waals surface area contributed by atoms with Crippen LogP contribution in [0.15, 0.2) is 39.0 Å². The molecule has 0 aliphatic rings. The van der Waals surface area contributed by atoms with E-state index in [0.29, 0.717) is 10.6 Å². The van der Waals surface area contributed by atoms with Gasteiger partial charge in [0.2, 0.25) is 11.0 Å². The number of rotatable bonds is 7. The monoisotopic (exact) mass is 445 g/mol. The average molecular weight is 445 g/mol. The Morgan fingerprint density at radius 1 is 1.26 bits per heavy atom. The Morgan fingerprint density at radius 2 is 2.06 bits per heavy atom. The average Bonchev–Trinajstić information content (AvgIpc) is 3.15. The highest BCUT2D eigenvalue weighted by Gasteiger charge is 2.13. The van der Waals surface area contributed by atoms with E-state index in [4.69, 9.17) is 4.74 Å². The van der Waals surface area contributed by atoms with Gasteiger partial charge in [0, 0.05) is 6.07 Å². The Hall–Kier alpha value is -4.33. The second kappa shape index (κ2) is 9.45. The molecule has 0 saturated heterocycles. The van der Waals surface area contributed by atoms with Crippen molar-refractivity contribution in [2.45, 2.75) is 6.42 Å². The first kappa shape index (κ1) is 21.4. The van der Waals surface area contributed by atoms with Gasteiger partial charge < -0.3 is 14.8 Å². The van der Waals surface area contributed by atoms with E-state index in [9.17, 15) is 24.3 Å². The molecule has 0 unspecified atom stereocenters. The van der Waals surface area contributed by atoms with Gasteiger partial charge in [-0.1, -0.05) is 11.3 Å². The van der Waals surface area contributed by atoms with Gasteiger partial charge in [0.25, 0.3) is 11.5 Å². The van der Waals surface area contributed by atoms with E-state index in [-0.39, 0.29) is 28.7 Å². The fraction of sp³-hybridized carbons (Fsp3) is 0.118. The molecule has 0 saturated carbocycles. The van der Waals surface area contributed by atoms with Crippen molar-refractivity contribution in [1.82, 2.24) is 25.6 Å². The van der Waals surface area contributed by atoms with Gasteiger partial charge in [-0.3, -0.25) is 24.7 Å². The smallest absolute Gasteiger partial charge is 0.326 e. The minimum Gasteiger partial charge on any atom is -0.504 e. The Balaban J connectivity index is 1.55. The zero-order valence-electron chi connectivity index (χ0n) is 15.8. The van der Waals surface area contributed by atoms with Crippen LogP contribution in [0.3, 0.4) is 0 Å². The highest BCUT2D eigenvalue weighted by atomic mass is 32.1. The van der Waals surface area contributed by atoms with Crippen molar-refractivity contribution in [3.05, 3.63) is 61.4 Å². The normalized spacial score (nSPS) is 10.7. The number of hydrazone groups is 1. The molecule has 3 aromatic rings. The van der Waals surface area contributed by atoms with Crippen LogP contribution in [0.5, 0.6) is 11.5 Å². The molecule has 0 aliphatic heterocycles. The van der Waals surface area contributed by atoms with Crippen molar-refractivity contribution in [2.75, 3.05) is 12.4 Å². The molecule has 0 spiro atoms. The number of carbonyl (C=O) groups excluding carboxylic acids is 2. The van der Waals surface area contributed by atoms with Gasteiger partial charge in [0.15, 0.2) is 11.5 Å². The van der Waals surface area contributed by atoms with Gasteiger partial charge in [0.05, 0.1) is 19.7 Å². The highest BCUT2D eigenvalue weighted by molar-refractivity contribution is 7.15. The Bertz CT molecular complexity index is 1230. The van der Waals surface area contributed by atoms with Crippen LogP contribution in [0, 0.1) is 0 Å². The topological polar surface area (TPSA) is 192 Å². The second-order valence-corrected chi connectivity index (χ2v) is 6.92. The molecule has 5 N–H and O–H groups in total. The lowest BCUT2D eigenvalue weighted by atomic mass is 10.2. The molecule has 0 aliphatic carbocycles. The molecule has 3 rings (SSSR count). The third-order valence-electron chi connectivity index (χ3n) is 3.61. The maximum Gasteiger partial charge on any atom is 0.326 e. The molecule has 2 amide bonds. The van der Waals surface area contributed by atoms with Crippen LogP contribution in [0.4, 0.5) is 5.13 Å². The number of hydrogen-bond donors (Lipinski definition) is 5. The van der Waals surface area contributed by atoms with E-state index in [1.54, 1.807) is 12.1 Å². The lowest BCUT2D eigenvalue weighted by Crippen LogP contribution is -2.27. The van der Waals surface area contributed by atoms with Crippen LogP contribution < -0.4 is 26.7 Å². The number of anilines is 1. The first-order valence-corrected chi connectivity index (χ1v) is 9.32. The first-order valence-electron chi connectivity index (χ1n) is 8.50. The number of H-pyrrole nitrogens is 2. The summed E-state index contributed by atoms with van der Waals surface area (Å²) in [6.45, 7) is 0. The fourth-order valence-electron chi connectivity index (χ4n) is 2.26. The number of aromatic amines is 2. The van der Waals surface area contributed by atoms with Crippen molar-refractivity contribution < 1.29 is 19.4 Å². The summed E-state index contributed by atoms with van der Waals surface area (Å²) in [5, 5.41) is 23.6. The molecule has 2 heterocycles. The molecule has 0 atom stereocenters. The van der Waals surface area contributed by atoms with Gasteiger partial charge in [-0.25, -0.2) is 10.2 Å². The number of nitrogens with zero attached hydrogens (tertiary/aromatic N) is 3. The van der Waals surface area contributed by atoms with Crippen LogP contribution in [0.1, 0.15) is 21.1 Å². The van der Waals surface area contributed by atoms with E-state index in [1.807, 2.05) is 4.98 Å². The minimum absolute atomic E-state index is 0.0201. The summed E-state index contributed by atoms with van der Waals surface area (Å²) in [6.07, 6.45) is 1.22. The molecule has 14 heteroatoms. The standard InChI is InChI=1S/C17H15N7O6S/c1-30-11-4-8(2-3-10(11)25)7-18-22-13(27)6-14-23-24-17(31-14)21-15(28)9-5-12(26)20-16(29)19-9/h2-5,7,25H,6H2,1H3,(H,22,27)(H,21,24,28)(H2,19,20,26,29)/b18-7-. The summed E-state index contributed by atoms with van der Waals surface area (Å²) in [7, 11) is 1.41. The van der Waals surface area contributed by atoms with Gasteiger partial charge >= 0.3 is 5.69 Å². The summed E-state index contributed by atoms with van der Waals surface area (Å²) in [5.74, 6) is -0.990. The van der Waals surface area contributed by atoms with E-state index in [2.05, 4.69) is 31.0 Å². The molecule has 13 nitrogen and oxygen atoms in total. The third kappa shape index (κ3) is 5.83. The molecule has 0 fully saturated rings. The van der Waals surface area contributed by atoms with Gasteiger partial charge in [-0.15, -0.1) is 10.2 Å². The molecule has 31 heavy (non-hydrogen) atoms. The largest absolute Gasteiger partial charge is 0.504 e. The van der Waals surface area contributed by atoms with Crippen LogP contribution in [-0.4, -0.2) is 50.4 Å². The number of amides is 2. The maximum atomic E-state index is 12.1.